The highest BCUT2D eigenvalue weighted by Gasteiger charge is 2.53. The number of rotatable bonds is 8. The minimum Gasteiger partial charge on any atom is -0.375 e. The van der Waals surface area contributed by atoms with Gasteiger partial charge in [0.1, 0.15) is 0 Å². The number of carbonyl (C=O) groups excluding carboxylic acids is 1. The van der Waals surface area contributed by atoms with Gasteiger partial charge >= 0.3 is 12.0 Å². The zero-order valence-corrected chi connectivity index (χ0v) is 10.5. The molecule has 0 rings (SSSR count). The molecule has 0 bridgehead atoms. The number of nitrogens with one attached hydrogen (secondary N) is 3. The Morgan fingerprint density at radius 3 is 2.33 bits per heavy atom. The molecule has 8 nitrogen and oxygen atoms in total. The first-order valence-electron chi connectivity index (χ1n) is 5.28. The highest BCUT2D eigenvalue weighted by molar-refractivity contribution is 5.78. The van der Waals surface area contributed by atoms with Crippen LogP contribution >= 0.6 is 0 Å². The summed E-state index contributed by atoms with van der Waals surface area (Å²) in [5.74, 6) is 3.09. The van der Waals surface area contributed by atoms with Gasteiger partial charge in [-0.05, 0) is 11.0 Å². The van der Waals surface area contributed by atoms with Crippen LogP contribution in [0.15, 0.2) is 24.7 Å². The fourth-order valence-electron chi connectivity index (χ4n) is 0.965. The smallest absolute Gasteiger partial charge is 0.375 e. The third kappa shape index (κ3) is 5.64. The Balaban J connectivity index is 4.41. The van der Waals surface area contributed by atoms with E-state index in [1.165, 1.54) is 0 Å². The van der Waals surface area contributed by atoms with Crippen LogP contribution in [0.25, 0.3) is 0 Å². The lowest BCUT2D eigenvalue weighted by Crippen LogP contribution is -2.49. The number of hydrogen-bond acceptors (Lipinski definition) is 6. The summed E-state index contributed by atoms with van der Waals surface area (Å²) < 4.78 is 50.4. The van der Waals surface area contributed by atoms with Crippen molar-refractivity contribution in [1.29, 1.82) is 0 Å². The zero-order valence-electron chi connectivity index (χ0n) is 10.5. The molecular weight excluding hydrogens is 302 g/mol. The molecule has 1 amide bonds. The van der Waals surface area contributed by atoms with Gasteiger partial charge in [-0.2, -0.15) is 24.4 Å². The van der Waals surface area contributed by atoms with Gasteiger partial charge in [-0.25, -0.2) is 4.39 Å². The van der Waals surface area contributed by atoms with E-state index in [1.54, 1.807) is 10.7 Å². The fraction of sp³-hybridized carbons (Fsp3) is 0.444. The van der Waals surface area contributed by atoms with Gasteiger partial charge in [-0.15, -0.1) is 0 Å². The number of nitrogens with two attached hydrogens (primary N) is 1. The molecule has 21 heavy (non-hydrogen) atoms. The number of hydrogen-bond donors (Lipinski definition) is 4. The molecule has 0 radical (unpaired) electrons. The van der Waals surface area contributed by atoms with Crippen LogP contribution in [0.1, 0.15) is 0 Å². The molecule has 0 aliphatic rings. The number of hydrazine groups is 1. The molecule has 120 valence electrons. The number of nitrogens with zero attached hydrogens (tertiary/aromatic N) is 1. The first kappa shape index (κ1) is 18.6. The van der Waals surface area contributed by atoms with Gasteiger partial charge in [0.05, 0.1) is 19.3 Å². The molecule has 1 unspecified atom stereocenters. The molecule has 0 aromatic rings. The Morgan fingerprint density at radius 1 is 1.38 bits per heavy atom. The maximum absolute atomic E-state index is 13.4. The number of halogens is 4. The second-order valence-corrected chi connectivity index (χ2v) is 3.65. The van der Waals surface area contributed by atoms with E-state index in [4.69, 9.17) is 5.84 Å². The van der Waals surface area contributed by atoms with Gasteiger partial charge in [-0.3, -0.25) is 4.79 Å². The van der Waals surface area contributed by atoms with Crippen molar-refractivity contribution in [2.45, 2.75) is 11.8 Å². The lowest BCUT2D eigenvalue weighted by atomic mass is 10.1. The molecule has 0 aromatic carbocycles. The van der Waals surface area contributed by atoms with E-state index in [0.717, 1.165) is 6.20 Å². The lowest BCUT2D eigenvalue weighted by Gasteiger charge is -2.24. The Hall–Kier alpha value is -2.37. The van der Waals surface area contributed by atoms with Gasteiger partial charge in [0.15, 0.2) is 0 Å². The first-order chi connectivity index (χ1) is 9.57. The van der Waals surface area contributed by atoms with Crippen molar-refractivity contribution < 1.29 is 27.3 Å². The largest absolute Gasteiger partial charge is 0.427 e. The summed E-state index contributed by atoms with van der Waals surface area (Å²) in [7, 11) is 0. The van der Waals surface area contributed by atoms with Crippen molar-refractivity contribution in [3.63, 3.8) is 0 Å². The van der Waals surface area contributed by atoms with Crippen LogP contribution < -0.4 is 21.9 Å². The number of amides is 1. The summed E-state index contributed by atoms with van der Waals surface area (Å²) >= 11 is 0. The van der Waals surface area contributed by atoms with Crippen molar-refractivity contribution in [1.82, 2.24) is 16.1 Å². The molecular formula is C9H13F4N5O3. The van der Waals surface area contributed by atoms with Crippen molar-refractivity contribution >= 4 is 5.91 Å². The zero-order chi connectivity index (χ0) is 16.7. The predicted octanol–water partition coefficient (Wildman–Crippen LogP) is -0.312. The molecule has 0 saturated carbocycles. The molecule has 0 aliphatic carbocycles. The van der Waals surface area contributed by atoms with Crippen LogP contribution in [0.5, 0.6) is 0 Å². The summed E-state index contributed by atoms with van der Waals surface area (Å²) in [5.41, 5.74) is -2.05. The normalized spacial score (nSPS) is 14.8. The van der Waals surface area contributed by atoms with Crippen LogP contribution in [0.4, 0.5) is 17.6 Å². The molecule has 1 atom stereocenters. The Kier molecular flexibility index (Phi) is 6.58. The molecule has 12 heteroatoms. The average Bonchev–Trinajstić information content (AvgIpc) is 2.39. The van der Waals surface area contributed by atoms with E-state index < -0.39 is 41.6 Å². The predicted molar refractivity (Wildman–Crippen MR) is 63.5 cm³/mol. The minimum absolute atomic E-state index is 0.0315. The summed E-state index contributed by atoms with van der Waals surface area (Å²) in [6.45, 7) is 0.744. The summed E-state index contributed by atoms with van der Waals surface area (Å²) in [6.07, 6.45) is -4.47. The molecule has 0 heterocycles. The molecule has 5 N–H and O–H groups in total. The van der Waals surface area contributed by atoms with Gasteiger partial charge in [-0.1, -0.05) is 6.58 Å². The molecule has 0 fully saturated rings. The fourth-order valence-corrected chi connectivity index (χ4v) is 0.965. The van der Waals surface area contributed by atoms with Gasteiger partial charge in [0, 0.05) is 0 Å². The van der Waals surface area contributed by atoms with E-state index >= 15 is 0 Å². The summed E-state index contributed by atoms with van der Waals surface area (Å²) in [5, 5.41) is 14.1. The third-order valence-corrected chi connectivity index (χ3v) is 2.18. The molecule has 0 spiro atoms. The quantitative estimate of drug-likeness (QED) is 0.160. The lowest BCUT2D eigenvalue weighted by molar-refractivity contribution is -0.432. The highest BCUT2D eigenvalue weighted by atomic mass is 19.4. The molecule has 0 aliphatic heterocycles. The van der Waals surface area contributed by atoms with Gasteiger partial charge in [0.2, 0.25) is 11.6 Å². The van der Waals surface area contributed by atoms with Crippen molar-refractivity contribution in [3.8, 4) is 0 Å². The van der Waals surface area contributed by atoms with Crippen LogP contribution in [0, 0.1) is 10.1 Å². The van der Waals surface area contributed by atoms with E-state index in [0.29, 0.717) is 0 Å². The van der Waals surface area contributed by atoms with Gasteiger partial charge < -0.3 is 20.7 Å². The maximum Gasteiger partial charge on any atom is 0.427 e. The highest BCUT2D eigenvalue weighted by Crippen LogP contribution is 2.34. The monoisotopic (exact) mass is 315 g/mol. The van der Waals surface area contributed by atoms with E-state index in [1.807, 2.05) is 0 Å². The molecule has 0 saturated heterocycles. The number of nitro groups is 1. The van der Waals surface area contributed by atoms with Crippen LogP contribution in [-0.2, 0) is 4.79 Å². The van der Waals surface area contributed by atoms with E-state index in [-0.39, 0.29) is 6.08 Å². The summed E-state index contributed by atoms with van der Waals surface area (Å²) in [6, 6.07) is 0. The number of alkyl halides is 4. The Morgan fingerprint density at radius 2 is 1.95 bits per heavy atom. The van der Waals surface area contributed by atoms with Crippen LogP contribution in [0.2, 0.25) is 0 Å². The first-order valence-corrected chi connectivity index (χ1v) is 5.28. The van der Waals surface area contributed by atoms with Crippen molar-refractivity contribution in [3.05, 3.63) is 34.8 Å². The maximum atomic E-state index is 13.4. The standard InChI is InChI=1S/C9H13F4N5O3/c1-2-8(10,9(11,12)13)5-16-7(19)4-15-3-6(17-14)18(20)21/h2-3,15,17H,1,4-5,14H2,(H,16,19)/b6-3+. The minimum atomic E-state index is -5.22. The van der Waals surface area contributed by atoms with Crippen LogP contribution in [0.3, 0.4) is 0 Å². The molecule has 0 aromatic heterocycles. The second-order valence-electron chi connectivity index (χ2n) is 3.65. The van der Waals surface area contributed by atoms with E-state index in [9.17, 15) is 32.5 Å². The summed E-state index contributed by atoms with van der Waals surface area (Å²) in [4.78, 5) is 20.6. The average molecular weight is 315 g/mol. The van der Waals surface area contributed by atoms with E-state index in [2.05, 4.69) is 11.9 Å². The SMILES string of the molecule is C=CC(F)(CNC(=O)CN/C=C(\NN)[N+](=O)[O-])C(F)(F)F. The number of carbonyl (C=O) groups is 1. The van der Waals surface area contributed by atoms with Gasteiger partial charge in [0.25, 0.3) is 0 Å². The second kappa shape index (κ2) is 7.42. The Bertz CT molecular complexity index is 440. The third-order valence-electron chi connectivity index (χ3n) is 2.18. The topological polar surface area (TPSA) is 122 Å². The Labute approximate surface area is 116 Å². The van der Waals surface area contributed by atoms with Crippen LogP contribution in [-0.4, -0.2) is 35.8 Å². The van der Waals surface area contributed by atoms with Crippen molar-refractivity contribution in [2.24, 2.45) is 5.84 Å². The van der Waals surface area contributed by atoms with Crippen molar-refractivity contribution in [2.75, 3.05) is 13.1 Å².